The molecule has 0 aliphatic rings. The zero-order valence-corrected chi connectivity index (χ0v) is 12.1. The van der Waals surface area contributed by atoms with Crippen LogP contribution in [-0.4, -0.2) is 10.8 Å². The van der Waals surface area contributed by atoms with Gasteiger partial charge in [-0.2, -0.15) is 0 Å². The van der Waals surface area contributed by atoms with Crippen molar-refractivity contribution in [3.05, 3.63) is 49.3 Å². The van der Waals surface area contributed by atoms with E-state index in [9.17, 15) is 4.79 Å². The summed E-state index contributed by atoms with van der Waals surface area (Å²) in [6, 6.07) is 5.54. The van der Waals surface area contributed by atoms with Gasteiger partial charge in [0.25, 0.3) is 0 Å². The van der Waals surface area contributed by atoms with E-state index in [2.05, 4.69) is 36.8 Å². The molecule has 0 aliphatic heterocycles. The molecule has 0 saturated heterocycles. The Bertz CT molecular complexity index is 511. The Morgan fingerprint density at radius 1 is 1.38 bits per heavy atom. The van der Waals surface area contributed by atoms with E-state index in [1.54, 1.807) is 6.20 Å². The molecule has 0 spiro atoms. The number of hydrogen-bond donors (Lipinski definition) is 0. The Balaban J connectivity index is 2.21. The van der Waals surface area contributed by atoms with Crippen molar-refractivity contribution in [1.29, 1.82) is 0 Å². The van der Waals surface area contributed by atoms with E-state index in [0.29, 0.717) is 12.0 Å². The largest absolute Gasteiger partial charge is 0.294 e. The molecule has 0 N–H and O–H groups in total. The van der Waals surface area contributed by atoms with Crippen LogP contribution in [0.1, 0.15) is 15.4 Å². The monoisotopic (exact) mass is 359 g/mol. The van der Waals surface area contributed by atoms with Crippen molar-refractivity contribution in [2.75, 3.05) is 0 Å². The Hall–Kier alpha value is -0.520. The number of aromatic nitrogens is 1. The number of ketones is 1. The molecule has 0 amide bonds. The fourth-order valence-corrected chi connectivity index (χ4v) is 3.17. The van der Waals surface area contributed by atoms with E-state index < -0.39 is 0 Å². The number of rotatable bonds is 3. The van der Waals surface area contributed by atoms with Gasteiger partial charge in [0.15, 0.2) is 5.78 Å². The molecule has 0 radical (unpaired) electrons. The topological polar surface area (TPSA) is 30.0 Å². The summed E-state index contributed by atoms with van der Waals surface area (Å²) in [7, 11) is 0. The molecular weight excluding hydrogens is 354 g/mol. The van der Waals surface area contributed by atoms with Gasteiger partial charge in [0.05, 0.1) is 6.42 Å². The lowest BCUT2D eigenvalue weighted by atomic mass is 10.1. The first-order valence-corrected chi connectivity index (χ1v) is 7.00. The third-order valence-corrected chi connectivity index (χ3v) is 3.96. The maximum atomic E-state index is 12.0. The summed E-state index contributed by atoms with van der Waals surface area (Å²) in [5.41, 5.74) is 0.693. The second kappa shape index (κ2) is 5.21. The van der Waals surface area contributed by atoms with Crippen molar-refractivity contribution in [3.8, 4) is 0 Å². The van der Waals surface area contributed by atoms with Crippen LogP contribution in [0.15, 0.2) is 38.7 Å². The van der Waals surface area contributed by atoms with Gasteiger partial charge in [-0.15, -0.1) is 11.3 Å². The Kier molecular flexibility index (Phi) is 3.89. The highest BCUT2D eigenvalue weighted by molar-refractivity contribution is 9.11. The summed E-state index contributed by atoms with van der Waals surface area (Å²) in [4.78, 5) is 16.1. The lowest BCUT2D eigenvalue weighted by molar-refractivity contribution is 0.0992. The molecule has 0 atom stereocenters. The van der Waals surface area contributed by atoms with Gasteiger partial charge in [-0.05, 0) is 18.2 Å². The maximum absolute atomic E-state index is 12.0. The minimum absolute atomic E-state index is 0.0781. The summed E-state index contributed by atoms with van der Waals surface area (Å²) in [5.74, 6) is 0.0781. The second-order valence-electron chi connectivity index (χ2n) is 3.15. The zero-order valence-electron chi connectivity index (χ0n) is 8.11. The van der Waals surface area contributed by atoms with Crippen LogP contribution in [0.25, 0.3) is 0 Å². The van der Waals surface area contributed by atoms with Crippen LogP contribution in [0.5, 0.6) is 0 Å². The predicted octanol–water partition coefficient (Wildman–Crippen LogP) is 4.09. The first-order chi connectivity index (χ1) is 7.66. The van der Waals surface area contributed by atoms with Gasteiger partial charge in [0.1, 0.15) is 5.01 Å². The Morgan fingerprint density at radius 2 is 2.19 bits per heavy atom. The van der Waals surface area contributed by atoms with Crippen molar-refractivity contribution in [2.24, 2.45) is 0 Å². The Labute approximate surface area is 114 Å². The van der Waals surface area contributed by atoms with E-state index in [0.717, 1.165) is 14.0 Å². The molecule has 2 nitrogen and oxygen atoms in total. The van der Waals surface area contributed by atoms with E-state index in [-0.39, 0.29) is 5.78 Å². The standard InChI is InChI=1S/C11H7Br2NOS/c12-7-1-2-8(9(13)5-7)10(15)6-11-14-3-4-16-11/h1-5H,6H2. The summed E-state index contributed by atoms with van der Waals surface area (Å²) in [6.07, 6.45) is 2.07. The molecular formula is C11H7Br2NOS. The van der Waals surface area contributed by atoms with Gasteiger partial charge in [-0.1, -0.05) is 31.9 Å². The fraction of sp³-hybridized carbons (Fsp3) is 0.0909. The summed E-state index contributed by atoms with van der Waals surface area (Å²) in [5, 5.41) is 2.72. The fourth-order valence-electron chi connectivity index (χ4n) is 1.29. The predicted molar refractivity (Wildman–Crippen MR) is 72.0 cm³/mol. The van der Waals surface area contributed by atoms with Crippen molar-refractivity contribution < 1.29 is 4.79 Å². The number of benzene rings is 1. The maximum Gasteiger partial charge on any atom is 0.170 e. The number of hydrogen-bond acceptors (Lipinski definition) is 3. The highest BCUT2D eigenvalue weighted by Crippen LogP contribution is 2.23. The first-order valence-electron chi connectivity index (χ1n) is 4.53. The highest BCUT2D eigenvalue weighted by atomic mass is 79.9. The average molecular weight is 361 g/mol. The van der Waals surface area contributed by atoms with Gasteiger partial charge in [0, 0.05) is 26.1 Å². The highest BCUT2D eigenvalue weighted by Gasteiger charge is 2.12. The van der Waals surface area contributed by atoms with Crippen molar-refractivity contribution in [3.63, 3.8) is 0 Å². The molecule has 1 heterocycles. The molecule has 5 heteroatoms. The smallest absolute Gasteiger partial charge is 0.170 e. The SMILES string of the molecule is O=C(Cc1nccs1)c1ccc(Br)cc1Br. The van der Waals surface area contributed by atoms with Crippen LogP contribution < -0.4 is 0 Å². The van der Waals surface area contributed by atoms with Crippen LogP contribution in [-0.2, 0) is 6.42 Å². The lowest BCUT2D eigenvalue weighted by Crippen LogP contribution is -2.04. The first kappa shape index (κ1) is 12.0. The second-order valence-corrected chi connectivity index (χ2v) is 5.90. The molecule has 0 aliphatic carbocycles. The number of halogens is 2. The van der Waals surface area contributed by atoms with Crippen molar-refractivity contribution >= 4 is 49.0 Å². The van der Waals surface area contributed by atoms with E-state index in [1.807, 2.05) is 23.6 Å². The molecule has 0 fully saturated rings. The molecule has 0 bridgehead atoms. The normalized spacial score (nSPS) is 10.4. The van der Waals surface area contributed by atoms with Crippen LogP contribution in [0.3, 0.4) is 0 Å². The molecule has 1 aromatic heterocycles. The summed E-state index contributed by atoms with van der Waals surface area (Å²) in [6.45, 7) is 0. The molecule has 0 unspecified atom stereocenters. The van der Waals surface area contributed by atoms with E-state index >= 15 is 0 Å². The van der Waals surface area contributed by atoms with Gasteiger partial charge >= 0.3 is 0 Å². The van der Waals surface area contributed by atoms with Crippen molar-refractivity contribution in [1.82, 2.24) is 4.98 Å². The number of carbonyl (C=O) groups is 1. The van der Waals surface area contributed by atoms with E-state index in [4.69, 9.17) is 0 Å². The number of nitrogens with zero attached hydrogens (tertiary/aromatic N) is 1. The summed E-state index contributed by atoms with van der Waals surface area (Å²) < 4.78 is 1.76. The number of thiazole rings is 1. The number of Topliss-reactive ketones (excluding diaryl/α,β-unsaturated/α-hetero) is 1. The quantitative estimate of drug-likeness (QED) is 0.771. The van der Waals surface area contributed by atoms with Gasteiger partial charge < -0.3 is 0 Å². The van der Waals surface area contributed by atoms with Gasteiger partial charge in [0.2, 0.25) is 0 Å². The van der Waals surface area contributed by atoms with Crippen LogP contribution in [0.4, 0.5) is 0 Å². The number of carbonyl (C=O) groups excluding carboxylic acids is 1. The molecule has 1 aromatic carbocycles. The third kappa shape index (κ3) is 2.78. The minimum atomic E-state index is 0.0781. The van der Waals surface area contributed by atoms with Crippen molar-refractivity contribution in [2.45, 2.75) is 6.42 Å². The van der Waals surface area contributed by atoms with Crippen LogP contribution in [0.2, 0.25) is 0 Å². The molecule has 82 valence electrons. The van der Waals surface area contributed by atoms with Gasteiger partial charge in [-0.3, -0.25) is 4.79 Å². The van der Waals surface area contributed by atoms with Crippen LogP contribution >= 0.6 is 43.2 Å². The van der Waals surface area contributed by atoms with E-state index in [1.165, 1.54) is 11.3 Å². The Morgan fingerprint density at radius 3 is 2.81 bits per heavy atom. The van der Waals surface area contributed by atoms with Crippen LogP contribution in [0, 0.1) is 0 Å². The van der Waals surface area contributed by atoms with Gasteiger partial charge in [-0.25, -0.2) is 4.98 Å². The lowest BCUT2D eigenvalue weighted by Gasteiger charge is -2.02. The molecule has 16 heavy (non-hydrogen) atoms. The zero-order chi connectivity index (χ0) is 11.5. The molecule has 2 aromatic rings. The molecule has 2 rings (SSSR count). The minimum Gasteiger partial charge on any atom is -0.294 e. The average Bonchev–Trinajstić information content (AvgIpc) is 2.70. The third-order valence-electron chi connectivity index (χ3n) is 2.03. The summed E-state index contributed by atoms with van der Waals surface area (Å²) >= 11 is 8.24. The molecule has 0 saturated carbocycles.